The van der Waals surface area contributed by atoms with Crippen molar-refractivity contribution in [3.63, 3.8) is 0 Å². The van der Waals surface area contributed by atoms with Gasteiger partial charge in [0.25, 0.3) is 0 Å². The highest BCUT2D eigenvalue weighted by Crippen LogP contribution is 2.39. The summed E-state index contributed by atoms with van der Waals surface area (Å²) in [6, 6.07) is 18.5. The molecule has 2 nitrogen and oxygen atoms in total. The molecule has 2 N–H and O–H groups in total. The molecule has 0 spiro atoms. The number of aromatic hydroxyl groups is 2. The SMILES string of the molecule is Oc1cc2cc(-c3ccccc3F)c(O)cc2cc1-c1ccccc1F. The van der Waals surface area contributed by atoms with Crippen molar-refractivity contribution < 1.29 is 19.0 Å². The van der Waals surface area contributed by atoms with Crippen LogP contribution in [0.4, 0.5) is 8.78 Å². The number of phenols is 2. The van der Waals surface area contributed by atoms with Gasteiger partial charge in [-0.15, -0.1) is 0 Å². The fourth-order valence-corrected chi connectivity index (χ4v) is 3.12. The van der Waals surface area contributed by atoms with Gasteiger partial charge in [-0.1, -0.05) is 36.4 Å². The highest BCUT2D eigenvalue weighted by Gasteiger charge is 2.14. The first-order valence-electron chi connectivity index (χ1n) is 8.04. The van der Waals surface area contributed by atoms with Gasteiger partial charge >= 0.3 is 0 Å². The summed E-state index contributed by atoms with van der Waals surface area (Å²) in [5.74, 6) is -1.08. The number of fused-ring (bicyclic) bond motifs is 1. The average Bonchev–Trinajstić information content (AvgIpc) is 2.62. The second-order valence-electron chi connectivity index (χ2n) is 6.05. The van der Waals surface area contributed by atoms with E-state index in [-0.39, 0.29) is 22.6 Å². The summed E-state index contributed by atoms with van der Waals surface area (Å²) in [5.41, 5.74) is 1.19. The second-order valence-corrected chi connectivity index (χ2v) is 6.05. The molecule has 0 aliphatic rings. The summed E-state index contributed by atoms with van der Waals surface area (Å²) < 4.78 is 28.1. The van der Waals surface area contributed by atoms with Crippen molar-refractivity contribution in [2.45, 2.75) is 0 Å². The van der Waals surface area contributed by atoms with Crippen LogP contribution in [-0.4, -0.2) is 10.2 Å². The maximum atomic E-state index is 14.1. The predicted octanol–water partition coefficient (Wildman–Crippen LogP) is 5.86. The van der Waals surface area contributed by atoms with E-state index in [1.807, 2.05) is 0 Å². The van der Waals surface area contributed by atoms with Crippen molar-refractivity contribution in [3.8, 4) is 33.8 Å². The predicted molar refractivity (Wildman–Crippen MR) is 98.1 cm³/mol. The van der Waals surface area contributed by atoms with Crippen LogP contribution in [0, 0.1) is 11.6 Å². The zero-order valence-corrected chi connectivity index (χ0v) is 13.6. The quantitative estimate of drug-likeness (QED) is 0.476. The zero-order chi connectivity index (χ0) is 18.3. The standard InChI is InChI=1S/C22H14F2O2/c23-19-7-3-1-5-15(19)17-9-13-12-22(26)18(10-14(13)11-21(17)25)16-6-2-4-8-20(16)24/h1-12,25-26H. The highest BCUT2D eigenvalue weighted by atomic mass is 19.1. The Kier molecular flexibility index (Phi) is 3.81. The molecule has 4 aromatic carbocycles. The van der Waals surface area contributed by atoms with E-state index in [0.717, 1.165) is 0 Å². The minimum absolute atomic E-state index is 0.0900. The Morgan fingerprint density at radius 1 is 0.500 bits per heavy atom. The lowest BCUT2D eigenvalue weighted by atomic mass is 9.96. The molecule has 4 aromatic rings. The molecule has 0 heterocycles. The van der Waals surface area contributed by atoms with Gasteiger partial charge in [-0.2, -0.15) is 0 Å². The van der Waals surface area contributed by atoms with E-state index in [9.17, 15) is 19.0 Å². The van der Waals surface area contributed by atoms with E-state index >= 15 is 0 Å². The molecule has 0 fully saturated rings. The van der Waals surface area contributed by atoms with Crippen molar-refractivity contribution >= 4 is 10.8 Å². The first-order valence-corrected chi connectivity index (χ1v) is 8.04. The normalized spacial score (nSPS) is 11.0. The topological polar surface area (TPSA) is 40.5 Å². The number of hydrogen-bond acceptors (Lipinski definition) is 2. The highest BCUT2D eigenvalue weighted by molar-refractivity contribution is 5.95. The van der Waals surface area contributed by atoms with Crippen molar-refractivity contribution in [2.24, 2.45) is 0 Å². The van der Waals surface area contributed by atoms with E-state index in [4.69, 9.17) is 0 Å². The molecule has 0 unspecified atom stereocenters. The Labute approximate surface area is 148 Å². The second kappa shape index (κ2) is 6.15. The molecule has 0 radical (unpaired) electrons. The molecule has 26 heavy (non-hydrogen) atoms. The number of rotatable bonds is 2. The Hall–Kier alpha value is -3.40. The van der Waals surface area contributed by atoms with Gasteiger partial charge in [0.05, 0.1) is 0 Å². The van der Waals surface area contributed by atoms with Crippen LogP contribution in [0.1, 0.15) is 0 Å². The summed E-state index contributed by atoms with van der Waals surface area (Å²) in [5, 5.41) is 22.0. The molecule has 0 aliphatic carbocycles. The van der Waals surface area contributed by atoms with Crippen LogP contribution in [0.5, 0.6) is 11.5 Å². The van der Waals surface area contributed by atoms with E-state index in [0.29, 0.717) is 21.9 Å². The minimum Gasteiger partial charge on any atom is -0.507 e. The van der Waals surface area contributed by atoms with E-state index in [2.05, 4.69) is 0 Å². The molecule has 4 rings (SSSR count). The van der Waals surface area contributed by atoms with Gasteiger partial charge < -0.3 is 10.2 Å². The van der Waals surface area contributed by atoms with Crippen molar-refractivity contribution in [1.82, 2.24) is 0 Å². The number of halogens is 2. The van der Waals surface area contributed by atoms with Crippen molar-refractivity contribution in [3.05, 3.63) is 84.4 Å². The number of benzene rings is 4. The molecule has 0 aliphatic heterocycles. The van der Waals surface area contributed by atoms with Crippen LogP contribution in [0.2, 0.25) is 0 Å². The fourth-order valence-electron chi connectivity index (χ4n) is 3.12. The van der Waals surface area contributed by atoms with Gasteiger partial charge in [0.2, 0.25) is 0 Å². The molecule has 0 atom stereocenters. The van der Waals surface area contributed by atoms with Crippen LogP contribution < -0.4 is 0 Å². The summed E-state index contributed by atoms with van der Waals surface area (Å²) in [6.45, 7) is 0. The Balaban J connectivity index is 1.93. The van der Waals surface area contributed by atoms with E-state index in [1.54, 1.807) is 48.5 Å². The smallest absolute Gasteiger partial charge is 0.131 e. The van der Waals surface area contributed by atoms with Crippen LogP contribution in [0.25, 0.3) is 33.0 Å². The largest absolute Gasteiger partial charge is 0.507 e. The maximum Gasteiger partial charge on any atom is 0.131 e. The third kappa shape index (κ3) is 2.65. The van der Waals surface area contributed by atoms with Crippen LogP contribution in [-0.2, 0) is 0 Å². The van der Waals surface area contributed by atoms with Gasteiger partial charge in [-0.05, 0) is 47.2 Å². The summed E-state index contributed by atoms with van der Waals surface area (Å²) in [7, 11) is 0. The van der Waals surface area contributed by atoms with Gasteiger partial charge in [-0.3, -0.25) is 0 Å². The van der Waals surface area contributed by atoms with Gasteiger partial charge in [0.1, 0.15) is 23.1 Å². The van der Waals surface area contributed by atoms with Gasteiger partial charge in [0.15, 0.2) is 0 Å². The molecule has 0 amide bonds. The molecule has 0 saturated carbocycles. The summed E-state index contributed by atoms with van der Waals surface area (Å²) >= 11 is 0. The fraction of sp³-hybridized carbons (Fsp3) is 0. The Bertz CT molecular complexity index is 1050. The van der Waals surface area contributed by atoms with Crippen molar-refractivity contribution in [1.29, 1.82) is 0 Å². The first-order chi connectivity index (χ1) is 12.5. The molecule has 128 valence electrons. The maximum absolute atomic E-state index is 14.1. The molecular formula is C22H14F2O2. The van der Waals surface area contributed by atoms with Crippen LogP contribution in [0.3, 0.4) is 0 Å². The lowest BCUT2D eigenvalue weighted by molar-refractivity contribution is 0.475. The van der Waals surface area contributed by atoms with Crippen molar-refractivity contribution in [2.75, 3.05) is 0 Å². The number of phenolic OH excluding ortho intramolecular Hbond substituents is 2. The lowest BCUT2D eigenvalue weighted by Gasteiger charge is -2.12. The van der Waals surface area contributed by atoms with Crippen LogP contribution >= 0.6 is 0 Å². The molecular weight excluding hydrogens is 334 g/mol. The Morgan fingerprint density at radius 3 is 1.27 bits per heavy atom. The monoisotopic (exact) mass is 348 g/mol. The van der Waals surface area contributed by atoms with E-state index in [1.165, 1.54) is 24.3 Å². The zero-order valence-electron chi connectivity index (χ0n) is 13.6. The molecule has 0 aromatic heterocycles. The minimum atomic E-state index is -0.450. The molecule has 4 heteroatoms. The van der Waals surface area contributed by atoms with Gasteiger partial charge in [-0.25, -0.2) is 8.78 Å². The Morgan fingerprint density at radius 2 is 0.885 bits per heavy atom. The summed E-state index contributed by atoms with van der Waals surface area (Å²) in [4.78, 5) is 0. The van der Waals surface area contributed by atoms with Gasteiger partial charge in [0, 0.05) is 22.3 Å². The third-order valence-corrected chi connectivity index (χ3v) is 4.40. The molecule has 0 saturated heterocycles. The lowest BCUT2D eigenvalue weighted by Crippen LogP contribution is -1.88. The molecule has 0 bridgehead atoms. The number of hydrogen-bond donors (Lipinski definition) is 2. The summed E-state index contributed by atoms with van der Waals surface area (Å²) in [6.07, 6.45) is 0. The first kappa shape index (κ1) is 16.1. The average molecular weight is 348 g/mol. The van der Waals surface area contributed by atoms with Crippen LogP contribution in [0.15, 0.2) is 72.8 Å². The third-order valence-electron chi connectivity index (χ3n) is 4.40. The van der Waals surface area contributed by atoms with E-state index < -0.39 is 11.6 Å².